The van der Waals surface area contributed by atoms with Gasteiger partial charge in [-0.2, -0.15) is 0 Å². The normalized spacial score (nSPS) is 29.3. The van der Waals surface area contributed by atoms with Gasteiger partial charge in [-0.3, -0.25) is 0 Å². The quantitative estimate of drug-likeness (QED) is 0.740. The Kier molecular flexibility index (Phi) is 2.81. The fraction of sp³-hybridized carbons (Fsp3) is 0.538. The van der Waals surface area contributed by atoms with Crippen molar-refractivity contribution >= 4 is 0 Å². The van der Waals surface area contributed by atoms with Crippen molar-refractivity contribution in [1.29, 1.82) is 0 Å². The van der Waals surface area contributed by atoms with Gasteiger partial charge in [0.25, 0.3) is 0 Å². The highest BCUT2D eigenvalue weighted by Crippen LogP contribution is 2.29. The Labute approximate surface area is 91.2 Å². The second kappa shape index (κ2) is 3.95. The van der Waals surface area contributed by atoms with E-state index < -0.39 is 5.79 Å². The molecule has 0 aliphatic carbocycles. The lowest BCUT2D eigenvalue weighted by molar-refractivity contribution is -0.144. The Morgan fingerprint density at radius 1 is 1.13 bits per heavy atom. The van der Waals surface area contributed by atoms with Crippen molar-refractivity contribution in [2.24, 2.45) is 0 Å². The summed E-state index contributed by atoms with van der Waals surface area (Å²) in [6, 6.07) is 10.4. The molecule has 2 nitrogen and oxygen atoms in total. The Morgan fingerprint density at radius 3 is 2.33 bits per heavy atom. The summed E-state index contributed by atoms with van der Waals surface area (Å²) in [7, 11) is 0. The molecule has 0 amide bonds. The molecule has 2 unspecified atom stereocenters. The molecule has 1 saturated heterocycles. The fourth-order valence-electron chi connectivity index (χ4n) is 2.07. The summed E-state index contributed by atoms with van der Waals surface area (Å²) >= 11 is 0. The van der Waals surface area contributed by atoms with Crippen LogP contribution < -0.4 is 0 Å². The minimum Gasteiger partial charge on any atom is -0.345 e. The second-order valence-corrected chi connectivity index (χ2v) is 4.57. The molecule has 0 aromatic heterocycles. The monoisotopic (exact) mass is 206 g/mol. The van der Waals surface area contributed by atoms with Gasteiger partial charge in [-0.15, -0.1) is 0 Å². The summed E-state index contributed by atoms with van der Waals surface area (Å²) in [6.45, 7) is 6.01. The molecule has 2 heteroatoms. The van der Waals surface area contributed by atoms with Crippen LogP contribution >= 0.6 is 0 Å². The van der Waals surface area contributed by atoms with E-state index in [1.807, 2.05) is 19.9 Å². The molecule has 1 heterocycles. The van der Waals surface area contributed by atoms with E-state index in [1.165, 1.54) is 5.56 Å². The van der Waals surface area contributed by atoms with Crippen LogP contribution in [0.5, 0.6) is 0 Å². The second-order valence-electron chi connectivity index (χ2n) is 4.57. The minimum absolute atomic E-state index is 0.167. The summed E-state index contributed by atoms with van der Waals surface area (Å²) in [4.78, 5) is 0. The van der Waals surface area contributed by atoms with Crippen LogP contribution in [0.4, 0.5) is 0 Å². The maximum Gasteiger partial charge on any atom is 0.163 e. The molecule has 82 valence electrons. The maximum absolute atomic E-state index is 5.84. The zero-order valence-electron chi connectivity index (χ0n) is 9.57. The van der Waals surface area contributed by atoms with Crippen molar-refractivity contribution in [2.75, 3.05) is 0 Å². The van der Waals surface area contributed by atoms with Gasteiger partial charge >= 0.3 is 0 Å². The molecule has 1 fully saturated rings. The van der Waals surface area contributed by atoms with Crippen LogP contribution in [0.25, 0.3) is 0 Å². The standard InChI is InChI=1S/C13H18O2/c1-10-12(15-13(2,3)14-10)9-11-7-5-4-6-8-11/h4-8,10,12H,9H2,1-3H3. The lowest BCUT2D eigenvalue weighted by Gasteiger charge is -2.16. The molecule has 0 spiro atoms. The van der Waals surface area contributed by atoms with E-state index >= 15 is 0 Å². The first kappa shape index (κ1) is 10.7. The molecule has 1 aromatic rings. The molecule has 2 rings (SSSR count). The Morgan fingerprint density at radius 2 is 1.80 bits per heavy atom. The highest BCUT2D eigenvalue weighted by molar-refractivity contribution is 5.16. The molecular formula is C13H18O2. The first-order valence-corrected chi connectivity index (χ1v) is 5.46. The summed E-state index contributed by atoms with van der Waals surface area (Å²) in [5.74, 6) is -0.432. The topological polar surface area (TPSA) is 18.5 Å². The van der Waals surface area contributed by atoms with Gasteiger partial charge in [-0.05, 0) is 26.3 Å². The van der Waals surface area contributed by atoms with Crippen molar-refractivity contribution in [3.8, 4) is 0 Å². The van der Waals surface area contributed by atoms with Crippen LogP contribution in [-0.4, -0.2) is 18.0 Å². The average Bonchev–Trinajstić information content (AvgIpc) is 2.41. The summed E-state index contributed by atoms with van der Waals surface area (Å²) in [5, 5.41) is 0. The van der Waals surface area contributed by atoms with Gasteiger partial charge in [0.2, 0.25) is 0 Å². The number of ether oxygens (including phenoxy) is 2. The van der Waals surface area contributed by atoms with Gasteiger partial charge in [0.05, 0.1) is 12.2 Å². The third-order valence-corrected chi connectivity index (χ3v) is 2.71. The van der Waals surface area contributed by atoms with Crippen LogP contribution in [0.15, 0.2) is 30.3 Å². The SMILES string of the molecule is CC1OC(C)(C)OC1Cc1ccccc1. The van der Waals surface area contributed by atoms with Crippen LogP contribution in [-0.2, 0) is 15.9 Å². The van der Waals surface area contributed by atoms with Gasteiger partial charge in [-0.1, -0.05) is 30.3 Å². The molecule has 2 atom stereocenters. The van der Waals surface area contributed by atoms with E-state index in [-0.39, 0.29) is 12.2 Å². The van der Waals surface area contributed by atoms with E-state index in [1.54, 1.807) is 0 Å². The summed E-state index contributed by atoms with van der Waals surface area (Å²) in [6.07, 6.45) is 1.26. The van der Waals surface area contributed by atoms with E-state index in [4.69, 9.17) is 9.47 Å². The van der Waals surface area contributed by atoms with Gasteiger partial charge in [0.1, 0.15) is 0 Å². The highest BCUT2D eigenvalue weighted by Gasteiger charge is 2.38. The zero-order chi connectivity index (χ0) is 10.9. The molecule has 1 aromatic carbocycles. The first-order valence-electron chi connectivity index (χ1n) is 5.46. The molecule has 15 heavy (non-hydrogen) atoms. The lowest BCUT2D eigenvalue weighted by Crippen LogP contribution is -2.23. The molecule has 1 aliphatic rings. The Bertz CT molecular complexity index is 319. The van der Waals surface area contributed by atoms with Crippen molar-refractivity contribution in [3.63, 3.8) is 0 Å². The summed E-state index contributed by atoms with van der Waals surface area (Å²) in [5.41, 5.74) is 1.30. The molecular weight excluding hydrogens is 188 g/mol. The van der Waals surface area contributed by atoms with Gasteiger partial charge in [-0.25, -0.2) is 0 Å². The number of hydrogen-bond donors (Lipinski definition) is 0. The van der Waals surface area contributed by atoms with Crippen molar-refractivity contribution < 1.29 is 9.47 Å². The molecule has 0 N–H and O–H groups in total. The van der Waals surface area contributed by atoms with Crippen LogP contribution in [0.2, 0.25) is 0 Å². The van der Waals surface area contributed by atoms with E-state index in [9.17, 15) is 0 Å². The van der Waals surface area contributed by atoms with Crippen LogP contribution in [0.1, 0.15) is 26.3 Å². The van der Waals surface area contributed by atoms with E-state index in [2.05, 4.69) is 31.2 Å². The number of hydrogen-bond acceptors (Lipinski definition) is 2. The molecule has 0 bridgehead atoms. The van der Waals surface area contributed by atoms with Crippen molar-refractivity contribution in [3.05, 3.63) is 35.9 Å². The lowest BCUT2D eigenvalue weighted by atomic mass is 10.1. The van der Waals surface area contributed by atoms with Crippen LogP contribution in [0.3, 0.4) is 0 Å². The third-order valence-electron chi connectivity index (χ3n) is 2.71. The number of rotatable bonds is 2. The van der Waals surface area contributed by atoms with Crippen LogP contribution in [0, 0.1) is 0 Å². The van der Waals surface area contributed by atoms with Gasteiger partial charge in [0.15, 0.2) is 5.79 Å². The molecule has 0 radical (unpaired) electrons. The van der Waals surface area contributed by atoms with Crippen molar-refractivity contribution in [1.82, 2.24) is 0 Å². The Hall–Kier alpha value is -0.860. The van der Waals surface area contributed by atoms with E-state index in [0.717, 1.165) is 6.42 Å². The highest BCUT2D eigenvalue weighted by atomic mass is 16.7. The molecule has 0 saturated carbocycles. The van der Waals surface area contributed by atoms with Gasteiger partial charge in [0, 0.05) is 6.42 Å². The predicted molar refractivity (Wildman–Crippen MR) is 59.6 cm³/mol. The largest absolute Gasteiger partial charge is 0.345 e. The third kappa shape index (κ3) is 2.58. The van der Waals surface area contributed by atoms with Gasteiger partial charge < -0.3 is 9.47 Å². The number of benzene rings is 1. The average molecular weight is 206 g/mol. The zero-order valence-corrected chi connectivity index (χ0v) is 9.57. The molecule has 1 aliphatic heterocycles. The van der Waals surface area contributed by atoms with Crippen molar-refractivity contribution in [2.45, 2.75) is 45.2 Å². The first-order chi connectivity index (χ1) is 7.07. The minimum atomic E-state index is -0.432. The van der Waals surface area contributed by atoms with E-state index in [0.29, 0.717) is 0 Å². The Balaban J connectivity index is 2.02. The smallest absolute Gasteiger partial charge is 0.163 e. The fourth-order valence-corrected chi connectivity index (χ4v) is 2.07. The maximum atomic E-state index is 5.84. The summed E-state index contributed by atoms with van der Waals surface area (Å²) < 4.78 is 11.6. The predicted octanol–water partition coefficient (Wildman–Crippen LogP) is 2.77.